The van der Waals surface area contributed by atoms with Crippen LogP contribution in [0.5, 0.6) is 0 Å². The molecule has 41 heavy (non-hydrogen) atoms. The van der Waals surface area contributed by atoms with Crippen molar-refractivity contribution in [3.05, 3.63) is 133 Å². The van der Waals surface area contributed by atoms with Crippen molar-refractivity contribution in [1.29, 1.82) is 0 Å². The van der Waals surface area contributed by atoms with Gasteiger partial charge in [-0.2, -0.15) is 0 Å². The first-order valence-corrected chi connectivity index (χ1v) is 13.9. The minimum absolute atomic E-state index is 0.0543. The average Bonchev–Trinajstić information content (AvgIpc) is 3.27. The predicted molar refractivity (Wildman–Crippen MR) is 167 cm³/mol. The largest absolute Gasteiger partial charge is 0.245 e. The van der Waals surface area contributed by atoms with E-state index in [4.69, 9.17) is 9.97 Å². The first-order chi connectivity index (χ1) is 20.1. The highest BCUT2D eigenvalue weighted by Gasteiger charge is 2.35. The maximum Gasteiger partial charge on any atom is 0.159 e. The summed E-state index contributed by atoms with van der Waals surface area (Å²) in [5.41, 5.74) is 12.1. The molecule has 0 saturated heterocycles. The lowest BCUT2D eigenvalue weighted by Gasteiger charge is -2.21. The van der Waals surface area contributed by atoms with Crippen molar-refractivity contribution < 1.29 is 0 Å². The molecule has 0 saturated carbocycles. The van der Waals surface area contributed by atoms with E-state index in [2.05, 4.69) is 115 Å². The Balaban J connectivity index is 1.25. The van der Waals surface area contributed by atoms with Gasteiger partial charge in [-0.15, -0.1) is 0 Å². The number of benzene rings is 4. The number of fused-ring (bicyclic) bond motifs is 6. The first kappa shape index (κ1) is 23.6. The molecule has 8 rings (SSSR count). The molecule has 0 spiro atoms. The second-order valence-electron chi connectivity index (χ2n) is 11.2. The van der Waals surface area contributed by atoms with Gasteiger partial charge < -0.3 is 0 Å². The number of nitrogens with zero attached hydrogens (tertiary/aromatic N) is 4. The van der Waals surface area contributed by atoms with Crippen molar-refractivity contribution >= 4 is 21.8 Å². The Morgan fingerprint density at radius 3 is 1.83 bits per heavy atom. The van der Waals surface area contributed by atoms with Crippen molar-refractivity contribution in [2.24, 2.45) is 0 Å². The van der Waals surface area contributed by atoms with E-state index in [9.17, 15) is 0 Å². The molecular weight excluding hydrogens is 500 g/mol. The molecule has 1 aliphatic carbocycles. The van der Waals surface area contributed by atoms with Crippen molar-refractivity contribution in [3.8, 4) is 45.0 Å². The van der Waals surface area contributed by atoms with Gasteiger partial charge in [-0.05, 0) is 52.6 Å². The Kier molecular flexibility index (Phi) is 5.13. The van der Waals surface area contributed by atoms with E-state index in [-0.39, 0.29) is 5.41 Å². The van der Waals surface area contributed by atoms with E-state index >= 15 is 0 Å². The minimum atomic E-state index is -0.0543. The zero-order valence-electron chi connectivity index (χ0n) is 22.8. The highest BCUT2D eigenvalue weighted by atomic mass is 14.9. The lowest BCUT2D eigenvalue weighted by Crippen LogP contribution is -2.14. The van der Waals surface area contributed by atoms with Gasteiger partial charge in [0.15, 0.2) is 5.82 Å². The third-order valence-electron chi connectivity index (χ3n) is 8.38. The maximum atomic E-state index is 5.21. The molecule has 0 atom stereocenters. The molecule has 7 aromatic rings. The van der Waals surface area contributed by atoms with Crippen molar-refractivity contribution in [2.45, 2.75) is 19.3 Å². The summed E-state index contributed by atoms with van der Waals surface area (Å²) in [5, 5.41) is 2.14. The Morgan fingerprint density at radius 1 is 0.488 bits per heavy atom. The van der Waals surface area contributed by atoms with Crippen LogP contribution in [0.3, 0.4) is 0 Å². The normalized spacial score (nSPS) is 13.3. The summed E-state index contributed by atoms with van der Waals surface area (Å²) in [7, 11) is 0. The van der Waals surface area contributed by atoms with Crippen LogP contribution in [0.2, 0.25) is 0 Å². The number of hydrogen-bond donors (Lipinski definition) is 0. The van der Waals surface area contributed by atoms with Crippen molar-refractivity contribution in [3.63, 3.8) is 0 Å². The Labute approximate surface area is 238 Å². The number of hydrogen-bond acceptors (Lipinski definition) is 4. The summed E-state index contributed by atoms with van der Waals surface area (Å²) in [6.45, 7) is 4.63. The van der Waals surface area contributed by atoms with Crippen LogP contribution in [0, 0.1) is 0 Å². The molecule has 0 radical (unpaired) electrons. The van der Waals surface area contributed by atoms with Crippen LogP contribution in [0.4, 0.5) is 0 Å². The van der Waals surface area contributed by atoms with Crippen LogP contribution in [0.1, 0.15) is 25.0 Å². The fourth-order valence-corrected chi connectivity index (χ4v) is 6.22. The summed E-state index contributed by atoms with van der Waals surface area (Å²) in [6.07, 6.45) is 3.53. The lowest BCUT2D eigenvalue weighted by atomic mass is 9.82. The molecule has 0 N–H and O–H groups in total. The van der Waals surface area contributed by atoms with Gasteiger partial charge in [0.2, 0.25) is 0 Å². The quantitative estimate of drug-likeness (QED) is 0.216. The smallest absolute Gasteiger partial charge is 0.159 e. The molecule has 3 heterocycles. The van der Waals surface area contributed by atoms with Gasteiger partial charge in [-0.1, -0.05) is 92.7 Å². The molecule has 0 amide bonds. The lowest BCUT2D eigenvalue weighted by molar-refractivity contribution is 0.660. The molecule has 0 fully saturated rings. The number of pyridine rings is 2. The van der Waals surface area contributed by atoms with Crippen molar-refractivity contribution in [2.75, 3.05) is 0 Å². The highest BCUT2D eigenvalue weighted by molar-refractivity contribution is 6.04. The molecule has 4 aromatic carbocycles. The molecular formula is C37H26N4. The number of aromatic nitrogens is 4. The van der Waals surface area contributed by atoms with E-state index in [0.29, 0.717) is 5.82 Å². The second-order valence-corrected chi connectivity index (χ2v) is 11.2. The fraction of sp³-hybridized carbons (Fsp3) is 0.0811. The van der Waals surface area contributed by atoms with Gasteiger partial charge in [-0.3, -0.25) is 0 Å². The number of rotatable bonds is 3. The molecule has 1 aliphatic rings. The van der Waals surface area contributed by atoms with Crippen LogP contribution < -0.4 is 0 Å². The Bertz CT molecular complexity index is 2130. The zero-order chi connectivity index (χ0) is 27.6. The van der Waals surface area contributed by atoms with Gasteiger partial charge in [-0.25, -0.2) is 19.9 Å². The SMILES string of the molecule is CC1(C)c2ccccc2-c2ccc(-c3ccc4ccc5ccc(-c6cccc(-c7ncccn7)c6)nc5c4n3)cc21. The summed E-state index contributed by atoms with van der Waals surface area (Å²) < 4.78 is 0. The van der Waals surface area contributed by atoms with E-state index in [1.54, 1.807) is 12.4 Å². The van der Waals surface area contributed by atoms with E-state index < -0.39 is 0 Å². The first-order valence-electron chi connectivity index (χ1n) is 13.9. The molecule has 4 nitrogen and oxygen atoms in total. The molecule has 3 aromatic heterocycles. The van der Waals surface area contributed by atoms with E-state index in [0.717, 1.165) is 49.9 Å². The van der Waals surface area contributed by atoms with Crippen LogP contribution in [0.25, 0.3) is 66.8 Å². The third kappa shape index (κ3) is 3.75. The summed E-state index contributed by atoms with van der Waals surface area (Å²) >= 11 is 0. The standard InChI is InChI=1S/C37H26N4/c1-37(2)30-10-4-3-9-28(30)29-16-13-26(22-31(29)37)33-18-15-24-12-11-23-14-17-32(40-34(23)35(24)41-33)25-7-5-8-27(21-25)36-38-19-6-20-39-36/h3-22H,1-2H3. The summed E-state index contributed by atoms with van der Waals surface area (Å²) in [6, 6.07) is 38.3. The van der Waals surface area contributed by atoms with E-state index in [1.807, 2.05) is 18.2 Å². The predicted octanol–water partition coefficient (Wildman–Crippen LogP) is 8.88. The molecule has 0 aliphatic heterocycles. The van der Waals surface area contributed by atoms with Gasteiger partial charge >= 0.3 is 0 Å². The molecule has 194 valence electrons. The van der Waals surface area contributed by atoms with Gasteiger partial charge in [0.25, 0.3) is 0 Å². The van der Waals surface area contributed by atoms with Crippen LogP contribution in [-0.4, -0.2) is 19.9 Å². The minimum Gasteiger partial charge on any atom is -0.245 e. The summed E-state index contributed by atoms with van der Waals surface area (Å²) in [5.74, 6) is 0.701. The second kappa shape index (κ2) is 8.90. The summed E-state index contributed by atoms with van der Waals surface area (Å²) in [4.78, 5) is 19.2. The van der Waals surface area contributed by atoms with Gasteiger partial charge in [0.1, 0.15) is 0 Å². The van der Waals surface area contributed by atoms with E-state index in [1.165, 1.54) is 22.3 Å². The highest BCUT2D eigenvalue weighted by Crippen LogP contribution is 2.49. The molecule has 0 unspecified atom stereocenters. The molecule has 4 heteroatoms. The maximum absolute atomic E-state index is 5.21. The topological polar surface area (TPSA) is 51.6 Å². The van der Waals surface area contributed by atoms with Gasteiger partial charge in [0, 0.05) is 45.3 Å². The zero-order valence-corrected chi connectivity index (χ0v) is 22.8. The molecule has 0 bridgehead atoms. The monoisotopic (exact) mass is 526 g/mol. The fourth-order valence-electron chi connectivity index (χ4n) is 6.22. The van der Waals surface area contributed by atoms with Gasteiger partial charge in [0.05, 0.1) is 22.4 Å². The average molecular weight is 527 g/mol. The Morgan fingerprint density at radius 2 is 1.10 bits per heavy atom. The van der Waals surface area contributed by atoms with Crippen LogP contribution in [0.15, 0.2) is 122 Å². The van der Waals surface area contributed by atoms with Crippen molar-refractivity contribution in [1.82, 2.24) is 19.9 Å². The Hall–Kier alpha value is -5.22. The third-order valence-corrected chi connectivity index (χ3v) is 8.38. The van der Waals surface area contributed by atoms with Crippen LogP contribution >= 0.6 is 0 Å². The van der Waals surface area contributed by atoms with Crippen LogP contribution in [-0.2, 0) is 5.41 Å².